The summed E-state index contributed by atoms with van der Waals surface area (Å²) in [5.41, 5.74) is 1.29. The number of aliphatic hydroxyl groups excluding tert-OH is 1. The predicted octanol–water partition coefficient (Wildman–Crippen LogP) is 2.40. The number of hydrogen-bond donors (Lipinski definition) is 1. The first-order chi connectivity index (χ1) is 7.56. The maximum absolute atomic E-state index is 9.74. The highest BCUT2D eigenvalue weighted by Gasteiger charge is 2.52. The van der Waals surface area contributed by atoms with Crippen LogP contribution in [0.25, 0.3) is 0 Å². The van der Waals surface area contributed by atoms with Gasteiger partial charge in [-0.2, -0.15) is 0 Å². The van der Waals surface area contributed by atoms with E-state index >= 15 is 0 Å². The van der Waals surface area contributed by atoms with E-state index < -0.39 is 0 Å². The third-order valence-electron chi connectivity index (χ3n) is 4.82. The summed E-state index contributed by atoms with van der Waals surface area (Å²) in [7, 11) is 0. The molecule has 16 heavy (non-hydrogen) atoms. The molecule has 1 aliphatic carbocycles. The molecule has 1 aliphatic heterocycles. The second-order valence-corrected chi connectivity index (χ2v) is 5.42. The first-order valence-electron chi connectivity index (χ1n) is 6.10. The van der Waals surface area contributed by atoms with E-state index in [9.17, 15) is 5.11 Å². The maximum Gasteiger partial charge on any atom is 0.0821 e. The lowest BCUT2D eigenvalue weighted by Gasteiger charge is -2.54. The Labute approximate surface area is 98.0 Å². The third-order valence-corrected chi connectivity index (χ3v) is 4.82. The Balaban J connectivity index is 2.44. The molecule has 1 saturated heterocycles. The zero-order chi connectivity index (χ0) is 11.9. The van der Waals surface area contributed by atoms with E-state index in [1.54, 1.807) is 0 Å². The van der Waals surface area contributed by atoms with Crippen LogP contribution in [0, 0.1) is 23.2 Å². The molecular weight excluding hydrogens is 200 g/mol. The summed E-state index contributed by atoms with van der Waals surface area (Å²) in [4.78, 5) is 0. The van der Waals surface area contributed by atoms with E-state index in [4.69, 9.17) is 4.74 Å². The van der Waals surface area contributed by atoms with Gasteiger partial charge in [0.05, 0.1) is 19.3 Å². The minimum Gasteiger partial charge on any atom is -0.396 e. The second kappa shape index (κ2) is 4.01. The standard InChI is InChI=1S/C14H22O2/c1-5-12-13-9(2)6-10(3)14(7-15,8-16-12)11(13)4/h5-6,10-13,15H,1,7-8H2,2-4H3/t10-,11+,12+,13-,14+/m1/s1. The number of hydrogen-bond acceptors (Lipinski definition) is 2. The Hall–Kier alpha value is -0.600. The van der Waals surface area contributed by atoms with E-state index in [-0.39, 0.29) is 18.1 Å². The molecule has 5 atom stereocenters. The average Bonchev–Trinajstić information content (AvgIpc) is 2.26. The van der Waals surface area contributed by atoms with Crippen LogP contribution in [0.1, 0.15) is 20.8 Å². The minimum atomic E-state index is -0.0936. The topological polar surface area (TPSA) is 29.5 Å². The molecule has 0 saturated carbocycles. The van der Waals surface area contributed by atoms with Gasteiger partial charge >= 0.3 is 0 Å². The normalized spacial score (nSPS) is 47.4. The highest BCUT2D eigenvalue weighted by Crippen LogP contribution is 2.52. The molecule has 0 aromatic heterocycles. The van der Waals surface area contributed by atoms with E-state index in [1.165, 1.54) is 5.57 Å². The first-order valence-corrected chi connectivity index (χ1v) is 6.10. The highest BCUT2D eigenvalue weighted by atomic mass is 16.5. The third kappa shape index (κ3) is 1.40. The van der Waals surface area contributed by atoms with E-state index in [2.05, 4.69) is 33.4 Å². The van der Waals surface area contributed by atoms with Crippen molar-refractivity contribution in [1.82, 2.24) is 0 Å². The average molecular weight is 222 g/mol. The fraction of sp³-hybridized carbons (Fsp3) is 0.714. The lowest BCUT2D eigenvalue weighted by molar-refractivity contribution is -0.148. The molecule has 2 nitrogen and oxygen atoms in total. The molecule has 2 aliphatic rings. The maximum atomic E-state index is 9.74. The fourth-order valence-electron chi connectivity index (χ4n) is 3.55. The lowest BCUT2D eigenvalue weighted by Crippen LogP contribution is -2.55. The van der Waals surface area contributed by atoms with Crippen LogP contribution in [-0.4, -0.2) is 24.4 Å². The van der Waals surface area contributed by atoms with Crippen LogP contribution in [0.15, 0.2) is 24.3 Å². The molecule has 1 heterocycles. The van der Waals surface area contributed by atoms with Crippen molar-refractivity contribution in [2.24, 2.45) is 23.2 Å². The van der Waals surface area contributed by atoms with Gasteiger partial charge < -0.3 is 9.84 Å². The van der Waals surface area contributed by atoms with Crippen molar-refractivity contribution >= 4 is 0 Å². The largest absolute Gasteiger partial charge is 0.396 e. The van der Waals surface area contributed by atoms with Crippen molar-refractivity contribution in [3.05, 3.63) is 24.3 Å². The number of ether oxygens (including phenoxy) is 1. The van der Waals surface area contributed by atoms with Gasteiger partial charge in [0.15, 0.2) is 0 Å². The smallest absolute Gasteiger partial charge is 0.0821 e. The number of rotatable bonds is 2. The van der Waals surface area contributed by atoms with E-state index in [0.29, 0.717) is 24.4 Å². The van der Waals surface area contributed by atoms with Gasteiger partial charge in [-0.15, -0.1) is 6.58 Å². The van der Waals surface area contributed by atoms with Gasteiger partial charge in [0, 0.05) is 11.3 Å². The SMILES string of the molecule is C=C[C@@H]1OC[C@@]2(CO)[C@H](C)C=C(C)[C@@H]1[C@@H]2C. The van der Waals surface area contributed by atoms with Crippen molar-refractivity contribution in [3.8, 4) is 0 Å². The second-order valence-electron chi connectivity index (χ2n) is 5.42. The van der Waals surface area contributed by atoms with Gasteiger partial charge in [-0.05, 0) is 18.8 Å². The molecule has 0 spiro atoms. The Morgan fingerprint density at radius 2 is 2.31 bits per heavy atom. The van der Waals surface area contributed by atoms with Crippen molar-refractivity contribution in [2.45, 2.75) is 26.9 Å². The van der Waals surface area contributed by atoms with Crippen LogP contribution in [-0.2, 0) is 4.74 Å². The van der Waals surface area contributed by atoms with Gasteiger partial charge in [-0.25, -0.2) is 0 Å². The summed E-state index contributed by atoms with van der Waals surface area (Å²) in [6.45, 7) is 11.3. The summed E-state index contributed by atoms with van der Waals surface area (Å²) >= 11 is 0. The molecule has 0 aromatic carbocycles. The van der Waals surface area contributed by atoms with Crippen LogP contribution in [0.3, 0.4) is 0 Å². The summed E-state index contributed by atoms with van der Waals surface area (Å²) in [5.74, 6) is 1.22. The van der Waals surface area contributed by atoms with Crippen molar-refractivity contribution in [2.75, 3.05) is 13.2 Å². The molecule has 1 N–H and O–H groups in total. The molecule has 1 fully saturated rings. The lowest BCUT2D eigenvalue weighted by atomic mass is 9.56. The van der Waals surface area contributed by atoms with E-state index in [0.717, 1.165) is 0 Å². The minimum absolute atomic E-state index is 0.0936. The van der Waals surface area contributed by atoms with Gasteiger partial charge in [0.1, 0.15) is 0 Å². The quantitative estimate of drug-likeness (QED) is 0.727. The molecule has 0 unspecified atom stereocenters. The number of allylic oxidation sites excluding steroid dienone is 1. The summed E-state index contributed by atoms with van der Waals surface area (Å²) in [5, 5.41) is 9.74. The zero-order valence-corrected chi connectivity index (χ0v) is 10.4. The Bertz CT molecular complexity index is 321. The molecule has 90 valence electrons. The Morgan fingerprint density at radius 1 is 1.62 bits per heavy atom. The number of fused-ring (bicyclic) bond motifs is 2. The van der Waals surface area contributed by atoms with Gasteiger partial charge in [-0.1, -0.05) is 31.6 Å². The molecular formula is C14H22O2. The fourth-order valence-corrected chi connectivity index (χ4v) is 3.55. The van der Waals surface area contributed by atoms with E-state index in [1.807, 2.05) is 6.08 Å². The van der Waals surface area contributed by atoms with Gasteiger partial charge in [-0.3, -0.25) is 0 Å². The molecule has 2 bridgehead atoms. The molecule has 0 amide bonds. The monoisotopic (exact) mass is 222 g/mol. The van der Waals surface area contributed by atoms with Crippen molar-refractivity contribution in [3.63, 3.8) is 0 Å². The summed E-state index contributed by atoms with van der Waals surface area (Å²) in [6.07, 6.45) is 4.31. The Morgan fingerprint density at radius 3 is 2.88 bits per heavy atom. The summed E-state index contributed by atoms with van der Waals surface area (Å²) < 4.78 is 5.88. The molecule has 0 aromatic rings. The van der Waals surface area contributed by atoms with Crippen molar-refractivity contribution < 1.29 is 9.84 Å². The van der Waals surface area contributed by atoms with Crippen LogP contribution < -0.4 is 0 Å². The van der Waals surface area contributed by atoms with Gasteiger partial charge in [0.25, 0.3) is 0 Å². The van der Waals surface area contributed by atoms with Crippen molar-refractivity contribution in [1.29, 1.82) is 0 Å². The Kier molecular flexibility index (Phi) is 2.97. The molecule has 2 rings (SSSR count). The first kappa shape index (κ1) is 11.9. The van der Waals surface area contributed by atoms with Crippen LogP contribution in [0.5, 0.6) is 0 Å². The summed E-state index contributed by atoms with van der Waals surface area (Å²) in [6, 6.07) is 0. The predicted molar refractivity (Wildman–Crippen MR) is 65.0 cm³/mol. The van der Waals surface area contributed by atoms with Crippen LogP contribution >= 0.6 is 0 Å². The highest BCUT2D eigenvalue weighted by molar-refractivity contribution is 5.22. The van der Waals surface area contributed by atoms with Crippen LogP contribution in [0.4, 0.5) is 0 Å². The molecule has 2 heteroatoms. The molecule has 0 radical (unpaired) electrons. The van der Waals surface area contributed by atoms with Crippen LogP contribution in [0.2, 0.25) is 0 Å². The zero-order valence-electron chi connectivity index (χ0n) is 10.4. The van der Waals surface area contributed by atoms with Gasteiger partial charge in [0.2, 0.25) is 0 Å². The number of aliphatic hydroxyl groups is 1.